The zero-order chi connectivity index (χ0) is 19.0. The molecule has 0 aliphatic carbocycles. The van der Waals surface area contributed by atoms with E-state index in [2.05, 4.69) is 0 Å². The summed E-state index contributed by atoms with van der Waals surface area (Å²) < 4.78 is 9.87. The van der Waals surface area contributed by atoms with E-state index in [4.69, 9.17) is 29.9 Å². The first-order valence-electron chi connectivity index (χ1n) is 7.30. The quantitative estimate of drug-likeness (QED) is 0.251. The lowest BCUT2D eigenvalue weighted by Gasteiger charge is -2.28. The van der Waals surface area contributed by atoms with Crippen molar-refractivity contribution in [2.75, 3.05) is 39.6 Å². The molecule has 0 atom stereocenters. The minimum absolute atomic E-state index is 0.437. The SMILES string of the molecule is CC(C=O)(COC(=O)C(C)(CO)CO)COC(=O)C(C)(CO)CO. The number of carbonyl (C=O) groups excluding carboxylic acids is 3. The Labute approximate surface area is 140 Å². The highest BCUT2D eigenvalue weighted by atomic mass is 16.6. The summed E-state index contributed by atoms with van der Waals surface area (Å²) in [4.78, 5) is 34.9. The first-order valence-corrected chi connectivity index (χ1v) is 7.30. The van der Waals surface area contributed by atoms with Crippen molar-refractivity contribution in [3.8, 4) is 0 Å². The molecule has 0 amide bonds. The lowest BCUT2D eigenvalue weighted by molar-refractivity contribution is -0.169. The molecule has 4 N–H and O–H groups in total. The first kappa shape index (κ1) is 22.4. The van der Waals surface area contributed by atoms with Crippen LogP contribution >= 0.6 is 0 Å². The number of aliphatic hydroxyl groups excluding tert-OH is 4. The third kappa shape index (κ3) is 5.52. The summed E-state index contributed by atoms with van der Waals surface area (Å²) in [5, 5.41) is 36.5. The highest BCUT2D eigenvalue weighted by molar-refractivity contribution is 5.78. The van der Waals surface area contributed by atoms with Gasteiger partial charge in [0.05, 0.1) is 31.8 Å². The van der Waals surface area contributed by atoms with Crippen LogP contribution in [0.5, 0.6) is 0 Å². The van der Waals surface area contributed by atoms with Crippen LogP contribution in [0.4, 0.5) is 0 Å². The smallest absolute Gasteiger partial charge is 0.316 e. The normalized spacial score (nSPS) is 12.6. The van der Waals surface area contributed by atoms with Gasteiger partial charge in [0.25, 0.3) is 0 Å². The molecule has 0 radical (unpaired) electrons. The summed E-state index contributed by atoms with van der Waals surface area (Å²) in [6.45, 7) is 0.538. The number of aliphatic hydroxyl groups is 4. The van der Waals surface area contributed by atoms with Gasteiger partial charge < -0.3 is 34.7 Å². The molecule has 0 aromatic rings. The van der Waals surface area contributed by atoms with Crippen molar-refractivity contribution >= 4 is 18.2 Å². The summed E-state index contributed by atoms with van der Waals surface area (Å²) in [6.07, 6.45) is 0.442. The summed E-state index contributed by atoms with van der Waals surface area (Å²) >= 11 is 0. The Bertz CT molecular complexity index is 404. The van der Waals surface area contributed by atoms with Crippen LogP contribution in [-0.2, 0) is 23.9 Å². The van der Waals surface area contributed by atoms with Gasteiger partial charge in [-0.05, 0) is 20.8 Å². The first-order chi connectivity index (χ1) is 11.1. The van der Waals surface area contributed by atoms with Crippen LogP contribution in [0.1, 0.15) is 20.8 Å². The highest BCUT2D eigenvalue weighted by Gasteiger charge is 2.38. The van der Waals surface area contributed by atoms with E-state index in [-0.39, 0.29) is 0 Å². The largest absolute Gasteiger partial charge is 0.464 e. The number of aldehydes is 1. The van der Waals surface area contributed by atoms with Crippen molar-refractivity contribution in [2.45, 2.75) is 20.8 Å². The van der Waals surface area contributed by atoms with Crippen LogP contribution in [0, 0.1) is 16.2 Å². The van der Waals surface area contributed by atoms with Crippen molar-refractivity contribution in [2.24, 2.45) is 16.2 Å². The monoisotopic (exact) mass is 350 g/mol. The van der Waals surface area contributed by atoms with Gasteiger partial charge in [-0.1, -0.05) is 0 Å². The van der Waals surface area contributed by atoms with E-state index in [1.54, 1.807) is 0 Å². The van der Waals surface area contributed by atoms with Gasteiger partial charge in [-0.2, -0.15) is 0 Å². The molecule has 140 valence electrons. The number of rotatable bonds is 11. The van der Waals surface area contributed by atoms with Crippen molar-refractivity contribution in [1.82, 2.24) is 0 Å². The van der Waals surface area contributed by atoms with Crippen LogP contribution in [0.25, 0.3) is 0 Å². The Morgan fingerprint density at radius 2 is 1.08 bits per heavy atom. The average Bonchev–Trinajstić information content (AvgIpc) is 2.62. The molecule has 0 fully saturated rings. The zero-order valence-corrected chi connectivity index (χ0v) is 14.2. The fourth-order valence-corrected chi connectivity index (χ4v) is 1.28. The minimum Gasteiger partial charge on any atom is -0.464 e. The molecule has 0 spiro atoms. The topological polar surface area (TPSA) is 151 Å². The molecular formula is C15H26O9. The molecule has 0 saturated carbocycles. The van der Waals surface area contributed by atoms with Crippen LogP contribution in [0.15, 0.2) is 0 Å². The Balaban J connectivity index is 4.79. The van der Waals surface area contributed by atoms with Crippen molar-refractivity contribution in [3.05, 3.63) is 0 Å². The Morgan fingerprint density at radius 1 is 0.792 bits per heavy atom. The summed E-state index contributed by atoms with van der Waals surface area (Å²) in [7, 11) is 0. The molecule has 0 bridgehead atoms. The third-order valence-electron chi connectivity index (χ3n) is 3.73. The van der Waals surface area contributed by atoms with Crippen LogP contribution in [0.2, 0.25) is 0 Å². The van der Waals surface area contributed by atoms with Crippen LogP contribution in [-0.4, -0.2) is 78.3 Å². The molecule has 0 aromatic heterocycles. The average molecular weight is 350 g/mol. The fraction of sp³-hybridized carbons (Fsp3) is 0.800. The molecule has 0 aliphatic rings. The van der Waals surface area contributed by atoms with E-state index in [1.165, 1.54) is 20.8 Å². The molecule has 0 aromatic carbocycles. The minimum atomic E-state index is -1.51. The standard InChI is InChI=1S/C15H26O9/c1-13(4-16,9-23-11(21)14(2,5-17)6-18)10-24-12(22)15(3,7-19)8-20/h4,17-20H,5-10H2,1-3H3. The lowest BCUT2D eigenvalue weighted by atomic mass is 9.91. The van der Waals surface area contributed by atoms with Crippen molar-refractivity contribution in [3.63, 3.8) is 0 Å². The second kappa shape index (κ2) is 9.07. The number of esters is 2. The maximum atomic E-state index is 11.8. The maximum absolute atomic E-state index is 11.8. The van der Waals surface area contributed by atoms with Gasteiger partial charge in [-0.15, -0.1) is 0 Å². The van der Waals surface area contributed by atoms with Crippen LogP contribution < -0.4 is 0 Å². The summed E-state index contributed by atoms with van der Waals surface area (Å²) in [6, 6.07) is 0. The number of hydrogen-bond acceptors (Lipinski definition) is 9. The van der Waals surface area contributed by atoms with Crippen LogP contribution in [0.3, 0.4) is 0 Å². The Hall–Kier alpha value is -1.55. The van der Waals surface area contributed by atoms with Gasteiger partial charge in [-0.25, -0.2) is 0 Å². The van der Waals surface area contributed by atoms with Gasteiger partial charge >= 0.3 is 11.9 Å². The second-order valence-electron chi connectivity index (χ2n) is 6.68. The Morgan fingerprint density at radius 3 is 1.29 bits per heavy atom. The van der Waals surface area contributed by atoms with E-state index < -0.39 is 67.8 Å². The van der Waals surface area contributed by atoms with Crippen molar-refractivity contribution in [1.29, 1.82) is 0 Å². The predicted octanol–water partition coefficient (Wildman–Crippen LogP) is -1.74. The number of hydrogen-bond donors (Lipinski definition) is 4. The highest BCUT2D eigenvalue weighted by Crippen LogP contribution is 2.22. The van der Waals surface area contributed by atoms with Gasteiger partial charge in [-0.3, -0.25) is 9.59 Å². The second-order valence-corrected chi connectivity index (χ2v) is 6.68. The molecular weight excluding hydrogens is 324 g/mol. The number of carbonyl (C=O) groups is 3. The molecule has 0 rings (SSSR count). The summed E-state index contributed by atoms with van der Waals surface area (Å²) in [5.41, 5.74) is -4.37. The predicted molar refractivity (Wildman–Crippen MR) is 80.6 cm³/mol. The van der Waals surface area contributed by atoms with E-state index in [1.807, 2.05) is 0 Å². The Kier molecular flexibility index (Phi) is 8.48. The van der Waals surface area contributed by atoms with Gasteiger partial charge in [0.1, 0.15) is 30.3 Å². The molecule has 9 heteroatoms. The van der Waals surface area contributed by atoms with E-state index in [9.17, 15) is 14.4 Å². The van der Waals surface area contributed by atoms with Gasteiger partial charge in [0.15, 0.2) is 0 Å². The van der Waals surface area contributed by atoms with E-state index in [0.717, 1.165) is 0 Å². The maximum Gasteiger partial charge on any atom is 0.316 e. The molecule has 0 saturated heterocycles. The van der Waals surface area contributed by atoms with Crippen molar-refractivity contribution < 1.29 is 44.3 Å². The van der Waals surface area contributed by atoms with E-state index >= 15 is 0 Å². The molecule has 0 unspecified atom stereocenters. The molecule has 9 nitrogen and oxygen atoms in total. The fourth-order valence-electron chi connectivity index (χ4n) is 1.28. The summed E-state index contributed by atoms with van der Waals surface area (Å²) in [5.74, 6) is -1.80. The van der Waals surface area contributed by atoms with Gasteiger partial charge in [0.2, 0.25) is 0 Å². The lowest BCUT2D eigenvalue weighted by Crippen LogP contribution is -2.42. The van der Waals surface area contributed by atoms with Gasteiger partial charge in [0, 0.05) is 0 Å². The molecule has 0 heterocycles. The number of ether oxygens (including phenoxy) is 2. The van der Waals surface area contributed by atoms with E-state index in [0.29, 0.717) is 6.29 Å². The third-order valence-corrected chi connectivity index (χ3v) is 3.73. The molecule has 0 aliphatic heterocycles. The zero-order valence-electron chi connectivity index (χ0n) is 14.2. The molecule has 24 heavy (non-hydrogen) atoms.